The standard InChI is InChI=1S/C9H7IN2O/c10-7-1-3-8(4-2-7)12-6-5-9(13)11-12/h1-6H,(H,11,13). The number of rotatable bonds is 1. The van der Waals surface area contributed by atoms with Crippen molar-refractivity contribution in [2.45, 2.75) is 0 Å². The number of hydrogen-bond donors (Lipinski definition) is 1. The first kappa shape index (κ1) is 8.55. The second-order valence-corrected chi connectivity index (χ2v) is 3.88. The van der Waals surface area contributed by atoms with Gasteiger partial charge in [-0.3, -0.25) is 14.6 Å². The van der Waals surface area contributed by atoms with Gasteiger partial charge >= 0.3 is 0 Å². The Morgan fingerprint density at radius 2 is 1.85 bits per heavy atom. The van der Waals surface area contributed by atoms with Crippen LogP contribution in [0.3, 0.4) is 0 Å². The van der Waals surface area contributed by atoms with Gasteiger partial charge < -0.3 is 0 Å². The van der Waals surface area contributed by atoms with Crippen molar-refractivity contribution in [2.75, 3.05) is 0 Å². The van der Waals surface area contributed by atoms with E-state index in [1.54, 1.807) is 10.9 Å². The Morgan fingerprint density at radius 3 is 2.38 bits per heavy atom. The van der Waals surface area contributed by atoms with Gasteiger partial charge in [0, 0.05) is 15.8 Å². The van der Waals surface area contributed by atoms with Crippen LogP contribution < -0.4 is 5.56 Å². The number of nitrogens with one attached hydrogen (secondary N) is 1. The Balaban J connectivity index is 2.47. The van der Waals surface area contributed by atoms with E-state index >= 15 is 0 Å². The third-order valence-corrected chi connectivity index (χ3v) is 2.43. The van der Waals surface area contributed by atoms with Crippen LogP contribution >= 0.6 is 22.6 Å². The van der Waals surface area contributed by atoms with E-state index in [1.807, 2.05) is 24.3 Å². The summed E-state index contributed by atoms with van der Waals surface area (Å²) >= 11 is 2.24. The van der Waals surface area contributed by atoms with Gasteiger partial charge in [0.1, 0.15) is 0 Å². The lowest BCUT2D eigenvalue weighted by Crippen LogP contribution is -2.02. The summed E-state index contributed by atoms with van der Waals surface area (Å²) in [5, 5.41) is 2.67. The highest BCUT2D eigenvalue weighted by Gasteiger charge is 1.95. The number of aromatic nitrogens is 2. The molecule has 0 radical (unpaired) electrons. The molecule has 0 saturated heterocycles. The van der Waals surface area contributed by atoms with Gasteiger partial charge in [0.2, 0.25) is 0 Å². The van der Waals surface area contributed by atoms with E-state index in [-0.39, 0.29) is 5.56 Å². The molecule has 2 rings (SSSR count). The fraction of sp³-hybridized carbons (Fsp3) is 0. The molecule has 0 bridgehead atoms. The predicted molar refractivity (Wildman–Crippen MR) is 59.1 cm³/mol. The Labute approximate surface area is 88.5 Å². The van der Waals surface area contributed by atoms with E-state index < -0.39 is 0 Å². The molecule has 4 heteroatoms. The monoisotopic (exact) mass is 286 g/mol. The minimum Gasteiger partial charge on any atom is -0.268 e. The summed E-state index contributed by atoms with van der Waals surface area (Å²) in [4.78, 5) is 10.9. The first-order valence-electron chi connectivity index (χ1n) is 3.79. The number of hydrogen-bond acceptors (Lipinski definition) is 1. The average molecular weight is 286 g/mol. The maximum atomic E-state index is 10.9. The van der Waals surface area contributed by atoms with Crippen LogP contribution in [0.15, 0.2) is 41.3 Å². The molecule has 0 aliphatic carbocycles. The quantitative estimate of drug-likeness (QED) is 0.797. The van der Waals surface area contributed by atoms with E-state index in [2.05, 4.69) is 27.7 Å². The summed E-state index contributed by atoms with van der Waals surface area (Å²) < 4.78 is 2.87. The number of benzene rings is 1. The maximum Gasteiger partial charge on any atom is 0.264 e. The maximum absolute atomic E-state index is 10.9. The largest absolute Gasteiger partial charge is 0.268 e. The summed E-state index contributed by atoms with van der Waals surface area (Å²) in [5.74, 6) is 0. The lowest BCUT2D eigenvalue weighted by molar-refractivity contribution is 0.864. The van der Waals surface area contributed by atoms with Crippen molar-refractivity contribution in [2.24, 2.45) is 0 Å². The Hall–Kier alpha value is -1.04. The van der Waals surface area contributed by atoms with Crippen molar-refractivity contribution in [3.63, 3.8) is 0 Å². The van der Waals surface area contributed by atoms with Gasteiger partial charge in [-0.05, 0) is 46.9 Å². The summed E-state index contributed by atoms with van der Waals surface area (Å²) in [7, 11) is 0. The second kappa shape index (κ2) is 3.37. The minimum atomic E-state index is -0.0847. The number of aromatic amines is 1. The molecule has 0 fully saturated rings. The molecule has 0 amide bonds. The van der Waals surface area contributed by atoms with Crippen LogP contribution in [0, 0.1) is 3.57 Å². The Kier molecular flexibility index (Phi) is 2.22. The van der Waals surface area contributed by atoms with Crippen LogP contribution in [-0.4, -0.2) is 9.78 Å². The van der Waals surface area contributed by atoms with E-state index in [9.17, 15) is 4.79 Å². The van der Waals surface area contributed by atoms with Gasteiger partial charge in [0.25, 0.3) is 5.56 Å². The van der Waals surface area contributed by atoms with Crippen molar-refractivity contribution < 1.29 is 0 Å². The molecule has 1 aromatic carbocycles. The van der Waals surface area contributed by atoms with Crippen molar-refractivity contribution in [1.82, 2.24) is 9.78 Å². The van der Waals surface area contributed by atoms with Crippen LogP contribution in [0.1, 0.15) is 0 Å². The molecule has 2 aromatic rings. The van der Waals surface area contributed by atoms with Gasteiger partial charge in [-0.25, -0.2) is 0 Å². The molecule has 0 aliphatic rings. The molecule has 1 N–H and O–H groups in total. The van der Waals surface area contributed by atoms with E-state index in [1.165, 1.54) is 9.64 Å². The van der Waals surface area contributed by atoms with Crippen LogP contribution in [0.2, 0.25) is 0 Å². The van der Waals surface area contributed by atoms with Crippen molar-refractivity contribution in [3.05, 3.63) is 50.5 Å². The summed E-state index contributed by atoms with van der Waals surface area (Å²) in [6, 6.07) is 9.40. The van der Waals surface area contributed by atoms with E-state index in [0.29, 0.717) is 0 Å². The number of nitrogens with zero attached hydrogens (tertiary/aromatic N) is 1. The molecule has 0 saturated carbocycles. The zero-order valence-corrected chi connectivity index (χ0v) is 8.86. The van der Waals surface area contributed by atoms with Gasteiger partial charge in [-0.15, -0.1) is 0 Å². The zero-order chi connectivity index (χ0) is 9.26. The summed E-state index contributed by atoms with van der Waals surface area (Å²) in [6.45, 7) is 0. The topological polar surface area (TPSA) is 37.8 Å². The second-order valence-electron chi connectivity index (χ2n) is 2.64. The van der Waals surface area contributed by atoms with Gasteiger partial charge in [-0.1, -0.05) is 0 Å². The first-order chi connectivity index (χ1) is 6.25. The number of halogens is 1. The molecule has 0 atom stereocenters. The van der Waals surface area contributed by atoms with Gasteiger partial charge in [0.15, 0.2) is 0 Å². The molecule has 1 heterocycles. The minimum absolute atomic E-state index is 0.0847. The molecule has 3 nitrogen and oxygen atoms in total. The summed E-state index contributed by atoms with van der Waals surface area (Å²) in [5.41, 5.74) is 0.876. The van der Waals surface area contributed by atoms with Crippen LogP contribution in [0.25, 0.3) is 5.69 Å². The lowest BCUT2D eigenvalue weighted by atomic mass is 10.3. The third kappa shape index (κ3) is 1.82. The van der Waals surface area contributed by atoms with Crippen molar-refractivity contribution in [1.29, 1.82) is 0 Å². The predicted octanol–water partition coefficient (Wildman–Crippen LogP) is 1.77. The Morgan fingerprint density at radius 1 is 1.15 bits per heavy atom. The average Bonchev–Trinajstić information content (AvgIpc) is 2.53. The highest BCUT2D eigenvalue weighted by molar-refractivity contribution is 14.1. The third-order valence-electron chi connectivity index (χ3n) is 1.71. The van der Waals surface area contributed by atoms with Gasteiger partial charge in [0.05, 0.1) is 5.69 Å². The normalized spacial score (nSPS) is 10.2. The Bertz CT molecular complexity index is 455. The molecule has 66 valence electrons. The molecule has 0 aliphatic heterocycles. The zero-order valence-electron chi connectivity index (χ0n) is 6.70. The summed E-state index contributed by atoms with van der Waals surface area (Å²) in [6.07, 6.45) is 1.71. The van der Waals surface area contributed by atoms with Crippen LogP contribution in [0.4, 0.5) is 0 Å². The number of H-pyrrole nitrogens is 1. The molecule has 13 heavy (non-hydrogen) atoms. The fourth-order valence-electron chi connectivity index (χ4n) is 1.09. The smallest absolute Gasteiger partial charge is 0.264 e. The molecule has 1 aromatic heterocycles. The highest BCUT2D eigenvalue weighted by Crippen LogP contribution is 2.09. The molecular formula is C9H7IN2O. The fourth-order valence-corrected chi connectivity index (χ4v) is 1.45. The van der Waals surface area contributed by atoms with Crippen molar-refractivity contribution >= 4 is 22.6 Å². The highest BCUT2D eigenvalue weighted by atomic mass is 127. The lowest BCUT2D eigenvalue weighted by Gasteiger charge is -2.00. The molecular weight excluding hydrogens is 279 g/mol. The molecule has 0 unspecified atom stereocenters. The van der Waals surface area contributed by atoms with Gasteiger partial charge in [-0.2, -0.15) is 0 Å². The van der Waals surface area contributed by atoms with Crippen LogP contribution in [-0.2, 0) is 0 Å². The van der Waals surface area contributed by atoms with E-state index in [4.69, 9.17) is 0 Å². The van der Waals surface area contributed by atoms with Crippen LogP contribution in [0.5, 0.6) is 0 Å². The SMILES string of the molecule is O=c1ccn(-c2ccc(I)cc2)[nH]1. The molecule has 0 spiro atoms. The van der Waals surface area contributed by atoms with E-state index in [0.717, 1.165) is 5.69 Å². The first-order valence-corrected chi connectivity index (χ1v) is 4.87. The van der Waals surface area contributed by atoms with Crippen molar-refractivity contribution in [3.8, 4) is 5.69 Å².